The SMILES string of the molecule is CSc1c[c-]n(-c2cccc(C(C)(C)c3cccc(-n4[c-]cc(CS)n4)n3)n2)n1.[Pt+2]. The number of hydrogen-bond acceptors (Lipinski definition) is 6. The second-order valence-electron chi connectivity index (χ2n) is 6.95. The molecule has 0 N–H and O–H groups in total. The van der Waals surface area contributed by atoms with Gasteiger partial charge in [0.25, 0.3) is 0 Å². The number of aromatic nitrogens is 6. The van der Waals surface area contributed by atoms with Gasteiger partial charge in [-0.3, -0.25) is 20.2 Å². The molecule has 4 aromatic rings. The first kappa shape index (κ1) is 22.8. The van der Waals surface area contributed by atoms with Gasteiger partial charge in [0.15, 0.2) is 0 Å². The van der Waals surface area contributed by atoms with E-state index in [1.807, 2.05) is 54.8 Å². The molecule has 0 aromatic carbocycles. The Hall–Kier alpha value is -1.89. The number of thioether (sulfide) groups is 1. The fourth-order valence-corrected chi connectivity index (χ4v) is 3.40. The summed E-state index contributed by atoms with van der Waals surface area (Å²) in [4.78, 5) is 9.67. The van der Waals surface area contributed by atoms with E-state index in [-0.39, 0.29) is 21.1 Å². The quantitative estimate of drug-likeness (QED) is 0.203. The van der Waals surface area contributed by atoms with Crippen molar-refractivity contribution in [3.8, 4) is 11.6 Å². The van der Waals surface area contributed by atoms with Gasteiger partial charge < -0.3 is 9.36 Å². The van der Waals surface area contributed by atoms with E-state index in [4.69, 9.17) is 9.97 Å². The van der Waals surface area contributed by atoms with Gasteiger partial charge in [-0.25, -0.2) is 0 Å². The first-order valence-corrected chi connectivity index (χ1v) is 10.9. The molecule has 0 amide bonds. The molecule has 4 rings (SSSR count). The van der Waals surface area contributed by atoms with Crippen LogP contribution in [0.2, 0.25) is 0 Å². The molecular weight excluding hydrogens is 595 g/mol. The van der Waals surface area contributed by atoms with Gasteiger partial charge in [0, 0.05) is 21.8 Å². The van der Waals surface area contributed by atoms with Gasteiger partial charge in [-0.2, -0.15) is 24.4 Å². The fraction of sp³-hybridized carbons (Fsp3) is 0.238. The van der Waals surface area contributed by atoms with Gasteiger partial charge >= 0.3 is 21.1 Å². The molecule has 0 fully saturated rings. The minimum Gasteiger partial charge on any atom is -0.343 e. The maximum absolute atomic E-state index is 4.84. The summed E-state index contributed by atoms with van der Waals surface area (Å²) >= 11 is 5.84. The third-order valence-electron chi connectivity index (χ3n) is 4.65. The first-order chi connectivity index (χ1) is 14.0. The Morgan fingerprint density at radius 2 is 1.50 bits per heavy atom. The van der Waals surface area contributed by atoms with Crippen LogP contribution in [0.1, 0.15) is 30.9 Å². The summed E-state index contributed by atoms with van der Waals surface area (Å²) in [5.74, 6) is 2.00. The van der Waals surface area contributed by atoms with Crippen molar-refractivity contribution in [3.05, 3.63) is 78.0 Å². The average Bonchev–Trinajstić information content (AvgIpc) is 3.43. The minimum absolute atomic E-state index is 0. The van der Waals surface area contributed by atoms with Gasteiger partial charge in [-0.1, -0.05) is 36.7 Å². The number of nitrogens with zero attached hydrogens (tertiary/aromatic N) is 6. The Morgan fingerprint density at radius 3 is 2.00 bits per heavy atom. The first-order valence-electron chi connectivity index (χ1n) is 9.06. The second kappa shape index (κ2) is 9.50. The molecule has 0 aliphatic carbocycles. The molecule has 0 saturated heterocycles. The molecule has 0 saturated carbocycles. The van der Waals surface area contributed by atoms with Crippen LogP contribution in [0.4, 0.5) is 0 Å². The van der Waals surface area contributed by atoms with Gasteiger partial charge in [-0.15, -0.1) is 12.1 Å². The van der Waals surface area contributed by atoms with Gasteiger partial charge in [0.2, 0.25) is 0 Å². The van der Waals surface area contributed by atoms with E-state index in [9.17, 15) is 0 Å². The van der Waals surface area contributed by atoms with Crippen LogP contribution in [0, 0.1) is 12.4 Å². The molecule has 0 bridgehead atoms. The van der Waals surface area contributed by atoms with Gasteiger partial charge in [0.1, 0.15) is 0 Å². The van der Waals surface area contributed by atoms with Crippen LogP contribution in [0.25, 0.3) is 11.6 Å². The van der Waals surface area contributed by atoms with E-state index in [0.717, 1.165) is 27.9 Å². The third-order valence-corrected chi connectivity index (χ3v) is 5.59. The van der Waals surface area contributed by atoms with Crippen LogP contribution in [0.5, 0.6) is 0 Å². The van der Waals surface area contributed by atoms with Crippen molar-refractivity contribution in [2.75, 3.05) is 6.26 Å². The summed E-state index contributed by atoms with van der Waals surface area (Å²) in [7, 11) is 0. The molecule has 0 aliphatic heterocycles. The van der Waals surface area contributed by atoms with E-state index in [2.05, 4.69) is 49.1 Å². The zero-order valence-corrected chi connectivity index (χ0v) is 20.7. The average molecular weight is 616 g/mol. The maximum atomic E-state index is 4.84. The van der Waals surface area contributed by atoms with Crippen LogP contribution in [-0.4, -0.2) is 35.8 Å². The third kappa shape index (κ3) is 4.56. The molecule has 0 unspecified atom stereocenters. The zero-order chi connectivity index (χ0) is 20.4. The van der Waals surface area contributed by atoms with E-state index in [1.165, 1.54) is 0 Å². The summed E-state index contributed by atoms with van der Waals surface area (Å²) in [5.41, 5.74) is 2.23. The second-order valence-corrected chi connectivity index (χ2v) is 8.09. The molecule has 0 spiro atoms. The predicted molar refractivity (Wildman–Crippen MR) is 117 cm³/mol. The Bertz CT molecular complexity index is 1050. The Kier molecular flexibility index (Phi) is 7.21. The summed E-state index contributed by atoms with van der Waals surface area (Å²) in [6.45, 7) is 4.22. The molecule has 0 radical (unpaired) electrons. The standard InChI is InChI=1S/C21H20N6S2.Pt/c1-21(2,16-6-4-8-18(22-16)26-12-10-15(14-28)24-26)17-7-5-9-19(23-17)27-13-11-20(25-27)29-3;/h4-11,28H,14H2,1-3H3;/q-2;+2. The predicted octanol–water partition coefficient (Wildman–Crippen LogP) is 3.92. The van der Waals surface area contributed by atoms with Crippen molar-refractivity contribution < 1.29 is 21.1 Å². The van der Waals surface area contributed by atoms with E-state index < -0.39 is 5.41 Å². The number of thiol groups is 1. The largest absolute Gasteiger partial charge is 2.00 e. The van der Waals surface area contributed by atoms with E-state index in [1.54, 1.807) is 21.1 Å². The number of hydrogen-bond donors (Lipinski definition) is 1. The van der Waals surface area contributed by atoms with Crippen molar-refractivity contribution in [1.82, 2.24) is 29.5 Å². The molecular formula is C21H20N6PtS2. The van der Waals surface area contributed by atoms with Crippen LogP contribution >= 0.6 is 24.4 Å². The van der Waals surface area contributed by atoms with Crippen molar-refractivity contribution in [3.63, 3.8) is 0 Å². The van der Waals surface area contributed by atoms with Crippen molar-refractivity contribution in [2.24, 2.45) is 0 Å². The van der Waals surface area contributed by atoms with Crippen LogP contribution in [-0.2, 0) is 32.2 Å². The minimum atomic E-state index is -0.416. The molecule has 30 heavy (non-hydrogen) atoms. The fourth-order valence-electron chi connectivity index (χ4n) is 2.92. The monoisotopic (exact) mass is 615 g/mol. The van der Waals surface area contributed by atoms with E-state index >= 15 is 0 Å². The van der Waals surface area contributed by atoms with Crippen molar-refractivity contribution in [2.45, 2.75) is 30.0 Å². The summed E-state index contributed by atoms with van der Waals surface area (Å²) in [5, 5.41) is 9.84. The Balaban J connectivity index is 0.00000256. The number of rotatable bonds is 6. The zero-order valence-electron chi connectivity index (χ0n) is 16.7. The molecule has 4 aromatic heterocycles. The molecule has 0 atom stereocenters. The van der Waals surface area contributed by atoms with Crippen LogP contribution in [0.3, 0.4) is 0 Å². The van der Waals surface area contributed by atoms with Crippen LogP contribution in [0.15, 0.2) is 53.6 Å². The Labute approximate surface area is 200 Å². The van der Waals surface area contributed by atoms with Crippen molar-refractivity contribution in [1.29, 1.82) is 0 Å². The topological polar surface area (TPSA) is 61.4 Å². The molecule has 6 nitrogen and oxygen atoms in total. The molecule has 156 valence electrons. The Morgan fingerprint density at radius 1 is 0.933 bits per heavy atom. The smallest absolute Gasteiger partial charge is 0.343 e. The van der Waals surface area contributed by atoms with Gasteiger partial charge in [-0.05, 0) is 43.7 Å². The normalized spacial score (nSPS) is 11.3. The molecule has 0 aliphatic rings. The van der Waals surface area contributed by atoms with Crippen molar-refractivity contribution >= 4 is 24.4 Å². The maximum Gasteiger partial charge on any atom is 2.00 e. The van der Waals surface area contributed by atoms with Crippen LogP contribution < -0.4 is 0 Å². The summed E-state index contributed by atoms with van der Waals surface area (Å²) in [6, 6.07) is 15.5. The molecule has 4 heterocycles. The number of pyridine rings is 2. The van der Waals surface area contributed by atoms with Gasteiger partial charge in [0.05, 0.1) is 11.6 Å². The molecule has 9 heteroatoms. The summed E-state index contributed by atoms with van der Waals surface area (Å²) in [6.07, 6.45) is 8.19. The summed E-state index contributed by atoms with van der Waals surface area (Å²) < 4.78 is 3.32. The van der Waals surface area contributed by atoms with E-state index in [0.29, 0.717) is 11.6 Å².